The monoisotopic (exact) mass is 445 g/mol. The van der Waals surface area contributed by atoms with Gasteiger partial charge in [0.25, 0.3) is 0 Å². The predicted molar refractivity (Wildman–Crippen MR) is 138 cm³/mol. The molecule has 0 saturated heterocycles. The Kier molecular flexibility index (Phi) is 6.80. The van der Waals surface area contributed by atoms with Crippen LogP contribution in [0.15, 0.2) is 72.8 Å². The molecule has 3 aromatic rings. The second kappa shape index (κ2) is 9.74. The number of para-hydroxylation sites is 1. The Morgan fingerprint density at radius 2 is 1.59 bits per heavy atom. The highest BCUT2D eigenvalue weighted by atomic mass is 32.2. The Balaban J connectivity index is 1.59. The molecule has 1 heterocycles. The van der Waals surface area contributed by atoms with E-state index in [2.05, 4.69) is 85.9 Å². The summed E-state index contributed by atoms with van der Waals surface area (Å²) in [6.07, 6.45) is 3.47. The number of aryl methyl sites for hydroxylation is 1. The van der Waals surface area contributed by atoms with Gasteiger partial charge >= 0.3 is 0 Å². The first-order valence-electron chi connectivity index (χ1n) is 11.0. The average Bonchev–Trinajstić information content (AvgIpc) is 2.81. The van der Waals surface area contributed by atoms with Crippen LogP contribution in [0.1, 0.15) is 25.0 Å². The highest BCUT2D eigenvalue weighted by molar-refractivity contribution is 7.99. The smallest absolute Gasteiger partial charge is 0.161 e. The topological polar surface area (TPSA) is 30.5 Å². The highest BCUT2D eigenvalue weighted by Gasteiger charge is 2.26. The maximum Gasteiger partial charge on any atom is 0.161 e. The molecule has 4 heteroatoms. The molecule has 0 amide bonds. The second-order valence-corrected chi connectivity index (χ2v) is 9.71. The van der Waals surface area contributed by atoms with Crippen molar-refractivity contribution in [3.05, 3.63) is 83.9 Å². The summed E-state index contributed by atoms with van der Waals surface area (Å²) in [5.74, 6) is 3.59. The van der Waals surface area contributed by atoms with Crippen molar-refractivity contribution < 1.29 is 9.47 Å². The van der Waals surface area contributed by atoms with Crippen LogP contribution < -0.4 is 14.8 Å². The van der Waals surface area contributed by atoms with Crippen molar-refractivity contribution in [1.82, 2.24) is 0 Å². The number of methoxy groups -OCH3 is 2. The van der Waals surface area contributed by atoms with E-state index in [-0.39, 0.29) is 5.54 Å². The van der Waals surface area contributed by atoms with Gasteiger partial charge in [0.1, 0.15) is 0 Å². The van der Waals surface area contributed by atoms with Crippen molar-refractivity contribution in [2.75, 3.05) is 31.0 Å². The molecule has 1 N–H and O–H groups in total. The highest BCUT2D eigenvalue weighted by Crippen LogP contribution is 2.43. The van der Waals surface area contributed by atoms with Crippen LogP contribution in [-0.2, 0) is 6.42 Å². The summed E-state index contributed by atoms with van der Waals surface area (Å²) in [6.45, 7) is 4.46. The molecule has 0 saturated carbocycles. The number of hydrogen-bond acceptors (Lipinski definition) is 4. The molecule has 3 nitrogen and oxygen atoms in total. The SMILES string of the molecule is COc1ccc(-c2cccc3c2NC(C)(C)C=C3CSCCc2ccccc2)cc1OC. The molecular formula is C28H31NO2S. The fourth-order valence-electron chi connectivity index (χ4n) is 4.21. The van der Waals surface area contributed by atoms with Crippen molar-refractivity contribution in [3.8, 4) is 22.6 Å². The van der Waals surface area contributed by atoms with Crippen LogP contribution in [0, 0.1) is 0 Å². The molecule has 1 aliphatic rings. The summed E-state index contributed by atoms with van der Waals surface area (Å²) < 4.78 is 11.0. The van der Waals surface area contributed by atoms with E-state index in [9.17, 15) is 0 Å². The van der Waals surface area contributed by atoms with E-state index in [1.807, 2.05) is 17.8 Å². The fraction of sp³-hybridized carbons (Fsp3) is 0.286. The maximum atomic E-state index is 5.55. The summed E-state index contributed by atoms with van der Waals surface area (Å²) in [5.41, 5.74) is 7.43. The molecule has 0 atom stereocenters. The van der Waals surface area contributed by atoms with Crippen LogP contribution in [0.5, 0.6) is 11.5 Å². The van der Waals surface area contributed by atoms with Crippen LogP contribution in [0.3, 0.4) is 0 Å². The van der Waals surface area contributed by atoms with Gasteiger partial charge in [0, 0.05) is 16.9 Å². The van der Waals surface area contributed by atoms with Crippen molar-refractivity contribution >= 4 is 23.0 Å². The number of fused-ring (bicyclic) bond motifs is 1. The molecule has 166 valence electrons. The summed E-state index contributed by atoms with van der Waals surface area (Å²) in [5, 5.41) is 3.76. The van der Waals surface area contributed by atoms with Gasteiger partial charge in [-0.2, -0.15) is 11.8 Å². The lowest BCUT2D eigenvalue weighted by Gasteiger charge is -2.34. The molecule has 32 heavy (non-hydrogen) atoms. The third kappa shape index (κ3) is 4.97. The molecule has 1 aliphatic heterocycles. The third-order valence-corrected chi connectivity index (χ3v) is 6.73. The van der Waals surface area contributed by atoms with E-state index in [1.54, 1.807) is 14.2 Å². The Labute approximate surface area is 195 Å². The van der Waals surface area contributed by atoms with Crippen molar-refractivity contribution in [1.29, 1.82) is 0 Å². The van der Waals surface area contributed by atoms with Crippen LogP contribution in [0.4, 0.5) is 5.69 Å². The lowest BCUT2D eigenvalue weighted by Crippen LogP contribution is -2.32. The first-order valence-corrected chi connectivity index (χ1v) is 12.1. The van der Waals surface area contributed by atoms with Gasteiger partial charge in [-0.1, -0.05) is 60.7 Å². The number of ether oxygens (including phenoxy) is 2. The molecule has 0 fully saturated rings. The standard InChI is InChI=1S/C28H31NO2S/c1-28(2)18-22(19-32-16-15-20-9-6-5-7-10-20)24-12-8-11-23(27(24)29-28)21-13-14-25(30-3)26(17-21)31-4/h5-14,17-18,29H,15-16,19H2,1-4H3. The number of anilines is 1. The van der Waals surface area contributed by atoms with Gasteiger partial charge in [-0.15, -0.1) is 0 Å². The number of nitrogens with one attached hydrogen (secondary N) is 1. The Morgan fingerprint density at radius 3 is 2.34 bits per heavy atom. The molecule has 4 rings (SSSR count). The van der Waals surface area contributed by atoms with Crippen LogP contribution in [-0.4, -0.2) is 31.3 Å². The Morgan fingerprint density at radius 1 is 0.844 bits per heavy atom. The molecule has 0 aromatic heterocycles. The van der Waals surface area contributed by atoms with Gasteiger partial charge in [-0.05, 0) is 54.9 Å². The van der Waals surface area contributed by atoms with Crippen molar-refractivity contribution in [3.63, 3.8) is 0 Å². The zero-order valence-corrected chi connectivity index (χ0v) is 20.1. The molecule has 0 unspecified atom stereocenters. The second-order valence-electron chi connectivity index (χ2n) is 8.60. The van der Waals surface area contributed by atoms with Gasteiger partial charge in [0.05, 0.1) is 25.4 Å². The van der Waals surface area contributed by atoms with Crippen molar-refractivity contribution in [2.24, 2.45) is 0 Å². The minimum atomic E-state index is -0.116. The Hall–Kier alpha value is -2.85. The largest absolute Gasteiger partial charge is 0.493 e. The summed E-state index contributed by atoms with van der Waals surface area (Å²) in [4.78, 5) is 0. The number of thioether (sulfide) groups is 1. The van der Waals surface area contributed by atoms with E-state index in [4.69, 9.17) is 9.47 Å². The molecule has 0 aliphatic carbocycles. The zero-order chi connectivity index (χ0) is 22.6. The first kappa shape index (κ1) is 22.3. The molecule has 0 bridgehead atoms. The normalized spacial score (nSPS) is 14.2. The van der Waals surface area contributed by atoms with E-state index in [1.165, 1.54) is 28.0 Å². The quantitative estimate of drug-likeness (QED) is 0.381. The van der Waals surface area contributed by atoms with E-state index in [0.29, 0.717) is 0 Å². The molecular weight excluding hydrogens is 414 g/mol. The van der Waals surface area contributed by atoms with E-state index < -0.39 is 0 Å². The summed E-state index contributed by atoms with van der Waals surface area (Å²) >= 11 is 2.00. The maximum absolute atomic E-state index is 5.55. The number of benzene rings is 3. The van der Waals surface area contributed by atoms with Crippen LogP contribution >= 0.6 is 11.8 Å². The van der Waals surface area contributed by atoms with Gasteiger partial charge in [0.15, 0.2) is 11.5 Å². The van der Waals surface area contributed by atoms with Crippen LogP contribution in [0.25, 0.3) is 16.7 Å². The van der Waals surface area contributed by atoms with Gasteiger partial charge < -0.3 is 14.8 Å². The first-order chi connectivity index (χ1) is 15.5. The average molecular weight is 446 g/mol. The molecule has 0 radical (unpaired) electrons. The predicted octanol–water partition coefficient (Wildman–Crippen LogP) is 6.93. The van der Waals surface area contributed by atoms with Gasteiger partial charge in [0.2, 0.25) is 0 Å². The van der Waals surface area contributed by atoms with Crippen LogP contribution in [0.2, 0.25) is 0 Å². The van der Waals surface area contributed by atoms with Gasteiger partial charge in [-0.3, -0.25) is 0 Å². The fourth-order valence-corrected chi connectivity index (χ4v) is 5.19. The zero-order valence-electron chi connectivity index (χ0n) is 19.3. The Bertz CT molecular complexity index is 1110. The summed E-state index contributed by atoms with van der Waals surface area (Å²) in [6, 6.07) is 23.4. The molecule has 0 spiro atoms. The minimum Gasteiger partial charge on any atom is -0.493 e. The van der Waals surface area contributed by atoms with E-state index >= 15 is 0 Å². The number of rotatable bonds is 8. The number of hydrogen-bond donors (Lipinski definition) is 1. The van der Waals surface area contributed by atoms with Crippen molar-refractivity contribution in [2.45, 2.75) is 25.8 Å². The lowest BCUT2D eigenvalue weighted by atomic mass is 9.88. The lowest BCUT2D eigenvalue weighted by molar-refractivity contribution is 0.355. The van der Waals surface area contributed by atoms with Gasteiger partial charge in [-0.25, -0.2) is 0 Å². The third-order valence-electron chi connectivity index (χ3n) is 5.72. The van der Waals surface area contributed by atoms with E-state index in [0.717, 1.165) is 35.0 Å². The summed E-state index contributed by atoms with van der Waals surface area (Å²) in [7, 11) is 3.34. The minimum absolute atomic E-state index is 0.116. The molecule has 3 aromatic carbocycles.